The van der Waals surface area contributed by atoms with Crippen LogP contribution in [0.4, 0.5) is 19.0 Å². The smallest absolute Gasteiger partial charge is 0.475 e. The second kappa shape index (κ2) is 9.69. The molecule has 1 aromatic carbocycles. The number of nitrogens with two attached hydrogens (primary N) is 1. The van der Waals surface area contributed by atoms with Crippen molar-refractivity contribution in [1.82, 2.24) is 39.7 Å². The molecule has 0 saturated carbocycles. The molecule has 1 saturated heterocycles. The highest BCUT2D eigenvalue weighted by molar-refractivity contribution is 6.38. The topological polar surface area (TPSA) is 157 Å². The SMILES string of the molecule is Cn1cc2c(Cl)c(-c3[nH]nc4nc(N5CCC6(CC5)Cn5nccc5[C@H]6N)cnc34)ccc2n1.O=C(O)C(F)(F)F. The van der Waals surface area contributed by atoms with Crippen molar-refractivity contribution in [1.29, 1.82) is 0 Å². The fourth-order valence-corrected chi connectivity index (χ4v) is 5.90. The van der Waals surface area contributed by atoms with Crippen molar-refractivity contribution >= 4 is 45.5 Å². The Morgan fingerprint density at radius 1 is 1.24 bits per heavy atom. The molecule has 214 valence electrons. The molecule has 0 bridgehead atoms. The molecule has 6 heterocycles. The van der Waals surface area contributed by atoms with Crippen LogP contribution in [0.5, 0.6) is 0 Å². The van der Waals surface area contributed by atoms with Crippen LogP contribution in [-0.2, 0) is 18.4 Å². The van der Waals surface area contributed by atoms with Crippen molar-refractivity contribution in [2.24, 2.45) is 18.2 Å². The van der Waals surface area contributed by atoms with E-state index in [1.165, 1.54) is 0 Å². The van der Waals surface area contributed by atoms with Gasteiger partial charge in [0.05, 0.1) is 34.2 Å². The molecule has 4 N–H and O–H groups in total. The molecule has 2 aliphatic rings. The number of H-pyrrole nitrogens is 1. The molecule has 0 amide bonds. The summed E-state index contributed by atoms with van der Waals surface area (Å²) in [5.74, 6) is -1.92. The number of benzene rings is 1. The molecule has 0 aliphatic carbocycles. The highest BCUT2D eigenvalue weighted by Crippen LogP contribution is 2.48. The van der Waals surface area contributed by atoms with Crippen LogP contribution in [0.2, 0.25) is 5.02 Å². The number of alkyl halides is 3. The lowest BCUT2D eigenvalue weighted by molar-refractivity contribution is -0.192. The summed E-state index contributed by atoms with van der Waals surface area (Å²) >= 11 is 6.72. The van der Waals surface area contributed by atoms with Crippen molar-refractivity contribution in [2.75, 3.05) is 18.0 Å². The van der Waals surface area contributed by atoms with Gasteiger partial charge in [0.15, 0.2) is 0 Å². The number of nitrogens with zero attached hydrogens (tertiary/aromatic N) is 8. The van der Waals surface area contributed by atoms with E-state index < -0.39 is 12.1 Å². The number of nitrogens with one attached hydrogen (secondary N) is 1. The van der Waals surface area contributed by atoms with Gasteiger partial charge in [-0.1, -0.05) is 11.6 Å². The summed E-state index contributed by atoms with van der Waals surface area (Å²) in [7, 11) is 1.88. The molecule has 0 radical (unpaired) electrons. The molecule has 5 aromatic rings. The Kier molecular flexibility index (Phi) is 6.37. The molecule has 2 aliphatic heterocycles. The third-order valence-electron chi connectivity index (χ3n) is 7.78. The van der Waals surface area contributed by atoms with Gasteiger partial charge < -0.3 is 15.7 Å². The standard InChI is InChI=1S/C23H23ClN10.C2HF3O2/c1-32-11-14-15(31-32)3-2-13(18(14)24)19-20-22(30-29-19)28-17(10-26-20)33-8-5-23(6-9-33)12-34-16(21(23)25)4-7-27-34;3-2(4,5)1(6)7/h2-4,7,10-11,21H,5-6,8-9,12,25H2,1H3,(H,28,29,30);(H,6,7)/t21-;/m1./s1. The minimum Gasteiger partial charge on any atom is -0.475 e. The number of aliphatic carboxylic acids is 1. The second-order valence-corrected chi connectivity index (χ2v) is 10.6. The number of fused-ring (bicyclic) bond motifs is 3. The molecule has 1 spiro atoms. The van der Waals surface area contributed by atoms with Gasteiger partial charge in [0, 0.05) is 55.4 Å². The van der Waals surface area contributed by atoms with Gasteiger partial charge in [-0.15, -0.1) is 0 Å². The van der Waals surface area contributed by atoms with Crippen LogP contribution in [0, 0.1) is 5.41 Å². The van der Waals surface area contributed by atoms with Crippen molar-refractivity contribution in [3.8, 4) is 11.3 Å². The quantitative estimate of drug-likeness (QED) is 0.280. The molecule has 0 unspecified atom stereocenters. The number of hydrogen-bond acceptors (Lipinski definition) is 8. The minimum atomic E-state index is -5.08. The largest absolute Gasteiger partial charge is 0.490 e. The Morgan fingerprint density at radius 3 is 2.66 bits per heavy atom. The number of piperidine rings is 1. The number of carboxylic acid groups (broad SMARTS) is 1. The molecule has 1 fully saturated rings. The highest BCUT2D eigenvalue weighted by Gasteiger charge is 2.47. The first kappa shape index (κ1) is 27.0. The van der Waals surface area contributed by atoms with E-state index in [-0.39, 0.29) is 11.5 Å². The lowest BCUT2D eigenvalue weighted by atomic mass is 9.73. The van der Waals surface area contributed by atoms with E-state index in [1.807, 2.05) is 43.8 Å². The maximum atomic E-state index is 10.6. The van der Waals surface area contributed by atoms with Gasteiger partial charge in [0.25, 0.3) is 0 Å². The fraction of sp³-hybridized carbons (Fsp3) is 0.360. The summed E-state index contributed by atoms with van der Waals surface area (Å²) in [4.78, 5) is 20.7. The predicted molar refractivity (Wildman–Crippen MR) is 143 cm³/mol. The minimum absolute atomic E-state index is 0.0292. The van der Waals surface area contributed by atoms with Gasteiger partial charge in [0.2, 0.25) is 5.65 Å². The molecular formula is C25H24ClF3N10O2. The van der Waals surface area contributed by atoms with Crippen LogP contribution in [0.1, 0.15) is 24.6 Å². The van der Waals surface area contributed by atoms with E-state index in [0.717, 1.165) is 66.1 Å². The van der Waals surface area contributed by atoms with E-state index in [4.69, 9.17) is 37.2 Å². The fourth-order valence-electron chi connectivity index (χ4n) is 5.60. The number of rotatable bonds is 2. The predicted octanol–water partition coefficient (Wildman–Crippen LogP) is 3.69. The zero-order chi connectivity index (χ0) is 29.1. The van der Waals surface area contributed by atoms with Crippen molar-refractivity contribution in [3.05, 3.63) is 47.5 Å². The summed E-state index contributed by atoms with van der Waals surface area (Å²) in [6.07, 6.45) is 2.47. The van der Waals surface area contributed by atoms with Crippen molar-refractivity contribution in [2.45, 2.75) is 31.6 Å². The number of anilines is 1. The first-order valence-corrected chi connectivity index (χ1v) is 13.0. The number of aromatic amines is 1. The van der Waals surface area contributed by atoms with Gasteiger partial charge in [-0.2, -0.15) is 28.5 Å². The zero-order valence-corrected chi connectivity index (χ0v) is 22.4. The number of halogens is 4. The van der Waals surface area contributed by atoms with Crippen LogP contribution in [0.3, 0.4) is 0 Å². The maximum absolute atomic E-state index is 10.6. The first-order chi connectivity index (χ1) is 19.5. The van der Waals surface area contributed by atoms with Gasteiger partial charge in [0.1, 0.15) is 11.3 Å². The molecule has 1 atom stereocenters. The maximum Gasteiger partial charge on any atom is 0.490 e. The van der Waals surface area contributed by atoms with E-state index in [1.54, 1.807) is 4.68 Å². The van der Waals surface area contributed by atoms with E-state index in [9.17, 15) is 13.2 Å². The van der Waals surface area contributed by atoms with E-state index in [0.29, 0.717) is 16.2 Å². The summed E-state index contributed by atoms with van der Waals surface area (Å²) in [6.45, 7) is 2.64. The average Bonchev–Trinajstić information content (AvgIpc) is 3.70. The number of carboxylic acids is 1. The third-order valence-corrected chi connectivity index (χ3v) is 8.18. The van der Waals surface area contributed by atoms with Crippen molar-refractivity contribution < 1.29 is 23.1 Å². The number of carbonyl (C=O) groups is 1. The van der Waals surface area contributed by atoms with E-state index >= 15 is 0 Å². The molecule has 16 heteroatoms. The van der Waals surface area contributed by atoms with Crippen LogP contribution < -0.4 is 10.6 Å². The second-order valence-electron chi connectivity index (χ2n) is 10.2. The summed E-state index contributed by atoms with van der Waals surface area (Å²) in [6, 6.07) is 5.97. The number of aromatic nitrogens is 8. The van der Waals surface area contributed by atoms with Crippen LogP contribution >= 0.6 is 11.6 Å². The van der Waals surface area contributed by atoms with Crippen LogP contribution in [0.25, 0.3) is 33.3 Å². The highest BCUT2D eigenvalue weighted by atomic mass is 35.5. The molecule has 41 heavy (non-hydrogen) atoms. The number of hydrogen-bond donors (Lipinski definition) is 3. The molecule has 4 aromatic heterocycles. The van der Waals surface area contributed by atoms with E-state index in [2.05, 4.69) is 30.0 Å². The first-order valence-electron chi connectivity index (χ1n) is 12.6. The average molecular weight is 589 g/mol. The van der Waals surface area contributed by atoms with Gasteiger partial charge in [-0.3, -0.25) is 14.5 Å². The zero-order valence-electron chi connectivity index (χ0n) is 21.6. The van der Waals surface area contributed by atoms with Gasteiger partial charge >= 0.3 is 12.1 Å². The van der Waals surface area contributed by atoms with Crippen molar-refractivity contribution in [3.63, 3.8) is 0 Å². The molecular weight excluding hydrogens is 565 g/mol. The Morgan fingerprint density at radius 2 is 1.98 bits per heavy atom. The third kappa shape index (κ3) is 4.64. The summed E-state index contributed by atoms with van der Waals surface area (Å²) in [5, 5.41) is 25.0. The normalized spacial score (nSPS) is 18.1. The Hall–Kier alpha value is -4.24. The van der Waals surface area contributed by atoms with Gasteiger partial charge in [-0.05, 0) is 31.0 Å². The monoisotopic (exact) mass is 588 g/mol. The Balaban J connectivity index is 0.000000387. The molecule has 12 nitrogen and oxygen atoms in total. The lowest BCUT2D eigenvalue weighted by Crippen LogP contribution is -2.45. The van der Waals surface area contributed by atoms with Crippen LogP contribution in [0.15, 0.2) is 36.8 Å². The van der Waals surface area contributed by atoms with Gasteiger partial charge in [-0.25, -0.2) is 14.8 Å². The molecule has 7 rings (SSSR count). The Labute approximate surface area is 234 Å². The van der Waals surface area contributed by atoms with Crippen LogP contribution in [-0.4, -0.2) is 70.1 Å². The summed E-state index contributed by atoms with van der Waals surface area (Å²) in [5.41, 5.74) is 11.6. The summed E-state index contributed by atoms with van der Waals surface area (Å²) < 4.78 is 35.6. The lowest BCUT2D eigenvalue weighted by Gasteiger charge is -2.41. The number of aryl methyl sites for hydroxylation is 1. The Bertz CT molecular complexity index is 1770.